The fraction of sp³-hybridized carbons (Fsp3) is 0.250. The van der Waals surface area contributed by atoms with E-state index in [-0.39, 0.29) is 5.82 Å². The van der Waals surface area contributed by atoms with Gasteiger partial charge in [0.25, 0.3) is 0 Å². The lowest BCUT2D eigenvalue weighted by atomic mass is 10.1. The molecule has 4 heteroatoms. The monoisotopic (exact) mass is 293 g/mol. The highest BCUT2D eigenvalue weighted by Gasteiger charge is 2.07. The minimum atomic E-state index is -0.220. The fourth-order valence-electron chi connectivity index (χ4n) is 2.05. The quantitative estimate of drug-likeness (QED) is 0.896. The van der Waals surface area contributed by atoms with Gasteiger partial charge in [0.2, 0.25) is 0 Å². The molecular formula is C16H17ClFNO. The van der Waals surface area contributed by atoms with E-state index in [1.54, 1.807) is 19.2 Å². The van der Waals surface area contributed by atoms with Gasteiger partial charge < -0.3 is 10.1 Å². The number of aryl methyl sites for hydroxylation is 1. The second kappa shape index (κ2) is 6.73. The standard InChI is InChI=1S/C16H17ClFNO/c1-11-6-7-13(18)8-12(11)9-19-10-14-15(17)4-3-5-16(14)20-2/h3-8,19H,9-10H2,1-2H3. The molecule has 0 saturated carbocycles. The van der Waals surface area contributed by atoms with Crippen LogP contribution in [0.4, 0.5) is 4.39 Å². The molecule has 1 N–H and O–H groups in total. The first-order valence-corrected chi connectivity index (χ1v) is 6.76. The average Bonchev–Trinajstić information content (AvgIpc) is 2.44. The first kappa shape index (κ1) is 14.8. The van der Waals surface area contributed by atoms with Crippen LogP contribution in [0.15, 0.2) is 36.4 Å². The van der Waals surface area contributed by atoms with E-state index in [0.717, 1.165) is 22.4 Å². The number of halogens is 2. The first-order chi connectivity index (χ1) is 9.61. The first-order valence-electron chi connectivity index (χ1n) is 6.39. The predicted octanol–water partition coefficient (Wildman–Crippen LogP) is 4.09. The summed E-state index contributed by atoms with van der Waals surface area (Å²) in [7, 11) is 1.62. The van der Waals surface area contributed by atoms with Gasteiger partial charge in [0.1, 0.15) is 11.6 Å². The Labute approximate surface area is 123 Å². The van der Waals surface area contributed by atoms with Gasteiger partial charge in [-0.2, -0.15) is 0 Å². The maximum Gasteiger partial charge on any atom is 0.124 e. The van der Waals surface area contributed by atoms with E-state index in [2.05, 4.69) is 5.32 Å². The minimum Gasteiger partial charge on any atom is -0.496 e. The topological polar surface area (TPSA) is 21.3 Å². The molecule has 0 fully saturated rings. The molecule has 0 amide bonds. The van der Waals surface area contributed by atoms with Gasteiger partial charge in [0.05, 0.1) is 7.11 Å². The lowest BCUT2D eigenvalue weighted by Crippen LogP contribution is -2.14. The normalized spacial score (nSPS) is 10.6. The molecule has 2 rings (SSSR count). The molecule has 2 nitrogen and oxygen atoms in total. The third kappa shape index (κ3) is 3.50. The molecule has 106 valence electrons. The summed E-state index contributed by atoms with van der Waals surface area (Å²) in [5, 5.41) is 3.93. The van der Waals surface area contributed by atoms with Crippen molar-refractivity contribution in [2.45, 2.75) is 20.0 Å². The molecule has 0 unspecified atom stereocenters. The number of hydrogen-bond donors (Lipinski definition) is 1. The highest BCUT2D eigenvalue weighted by molar-refractivity contribution is 6.31. The Bertz CT molecular complexity index is 601. The van der Waals surface area contributed by atoms with Crippen molar-refractivity contribution in [2.75, 3.05) is 7.11 Å². The van der Waals surface area contributed by atoms with Crippen LogP contribution in [-0.4, -0.2) is 7.11 Å². The summed E-state index contributed by atoms with van der Waals surface area (Å²) in [6.07, 6.45) is 0. The van der Waals surface area contributed by atoms with Crippen molar-refractivity contribution in [3.8, 4) is 5.75 Å². The number of methoxy groups -OCH3 is 1. The number of nitrogens with one attached hydrogen (secondary N) is 1. The van der Waals surface area contributed by atoms with Gasteiger partial charge in [-0.05, 0) is 42.3 Å². The van der Waals surface area contributed by atoms with Crippen molar-refractivity contribution < 1.29 is 9.13 Å². The van der Waals surface area contributed by atoms with Gasteiger partial charge in [-0.3, -0.25) is 0 Å². The molecule has 0 aliphatic carbocycles. The summed E-state index contributed by atoms with van der Waals surface area (Å²) in [6.45, 7) is 3.11. The van der Waals surface area contributed by atoms with Crippen molar-refractivity contribution >= 4 is 11.6 Å². The summed E-state index contributed by atoms with van der Waals surface area (Å²) >= 11 is 6.17. The summed E-state index contributed by atoms with van der Waals surface area (Å²) < 4.78 is 18.5. The van der Waals surface area contributed by atoms with Crippen molar-refractivity contribution in [3.63, 3.8) is 0 Å². The van der Waals surface area contributed by atoms with Crippen LogP contribution in [0.3, 0.4) is 0 Å². The van der Waals surface area contributed by atoms with Gasteiger partial charge in [-0.25, -0.2) is 4.39 Å². The van der Waals surface area contributed by atoms with E-state index in [1.165, 1.54) is 6.07 Å². The van der Waals surface area contributed by atoms with E-state index in [0.29, 0.717) is 18.1 Å². The molecule has 0 aliphatic rings. The van der Waals surface area contributed by atoms with E-state index >= 15 is 0 Å². The average molecular weight is 294 g/mol. The second-order valence-electron chi connectivity index (χ2n) is 4.60. The summed E-state index contributed by atoms with van der Waals surface area (Å²) in [5.74, 6) is 0.531. The zero-order valence-electron chi connectivity index (χ0n) is 11.5. The van der Waals surface area contributed by atoms with Gasteiger partial charge in [-0.15, -0.1) is 0 Å². The van der Waals surface area contributed by atoms with Gasteiger partial charge in [-0.1, -0.05) is 23.7 Å². The second-order valence-corrected chi connectivity index (χ2v) is 5.00. The van der Waals surface area contributed by atoms with Crippen LogP contribution in [0.2, 0.25) is 5.02 Å². The van der Waals surface area contributed by atoms with Crippen LogP contribution in [0, 0.1) is 12.7 Å². The number of benzene rings is 2. The van der Waals surface area contributed by atoms with Crippen molar-refractivity contribution in [1.29, 1.82) is 0 Å². The van der Waals surface area contributed by atoms with Crippen LogP contribution >= 0.6 is 11.6 Å². The molecule has 0 radical (unpaired) electrons. The summed E-state index contributed by atoms with van der Waals surface area (Å²) in [5.41, 5.74) is 2.91. The van der Waals surface area contributed by atoms with E-state index in [1.807, 2.05) is 25.1 Å². The van der Waals surface area contributed by atoms with Crippen LogP contribution < -0.4 is 10.1 Å². The Kier molecular flexibility index (Phi) is 4.99. The van der Waals surface area contributed by atoms with Crippen LogP contribution in [0.25, 0.3) is 0 Å². The van der Waals surface area contributed by atoms with Gasteiger partial charge >= 0.3 is 0 Å². The van der Waals surface area contributed by atoms with E-state index in [9.17, 15) is 4.39 Å². The van der Waals surface area contributed by atoms with E-state index in [4.69, 9.17) is 16.3 Å². The number of rotatable bonds is 5. The third-order valence-electron chi connectivity index (χ3n) is 3.22. The molecule has 20 heavy (non-hydrogen) atoms. The Hall–Kier alpha value is -1.58. The zero-order valence-corrected chi connectivity index (χ0v) is 12.3. The fourth-order valence-corrected chi connectivity index (χ4v) is 2.29. The molecule has 2 aromatic carbocycles. The number of ether oxygens (including phenoxy) is 1. The Morgan fingerprint density at radius 1 is 1.20 bits per heavy atom. The SMILES string of the molecule is COc1cccc(Cl)c1CNCc1cc(F)ccc1C. The summed E-state index contributed by atoms with van der Waals surface area (Å²) in [6, 6.07) is 10.3. The van der Waals surface area contributed by atoms with Crippen LogP contribution in [-0.2, 0) is 13.1 Å². The Balaban J connectivity index is 2.05. The lowest BCUT2D eigenvalue weighted by Gasteiger charge is -2.12. The molecule has 2 aromatic rings. The largest absolute Gasteiger partial charge is 0.496 e. The van der Waals surface area contributed by atoms with Crippen LogP contribution in [0.5, 0.6) is 5.75 Å². The molecular weight excluding hydrogens is 277 g/mol. The Morgan fingerprint density at radius 3 is 2.75 bits per heavy atom. The maximum atomic E-state index is 13.2. The molecule has 0 aromatic heterocycles. The lowest BCUT2D eigenvalue weighted by molar-refractivity contribution is 0.407. The van der Waals surface area contributed by atoms with Crippen molar-refractivity contribution in [2.24, 2.45) is 0 Å². The van der Waals surface area contributed by atoms with Crippen molar-refractivity contribution in [1.82, 2.24) is 5.32 Å². The van der Waals surface area contributed by atoms with Crippen LogP contribution in [0.1, 0.15) is 16.7 Å². The third-order valence-corrected chi connectivity index (χ3v) is 3.58. The molecule has 0 aliphatic heterocycles. The molecule has 0 heterocycles. The molecule has 0 bridgehead atoms. The molecule has 0 saturated heterocycles. The highest BCUT2D eigenvalue weighted by atomic mass is 35.5. The minimum absolute atomic E-state index is 0.220. The number of hydrogen-bond acceptors (Lipinski definition) is 2. The molecule has 0 spiro atoms. The Morgan fingerprint density at radius 2 is 2.00 bits per heavy atom. The molecule has 0 atom stereocenters. The van der Waals surface area contributed by atoms with E-state index < -0.39 is 0 Å². The van der Waals surface area contributed by atoms with Gasteiger partial charge in [0.15, 0.2) is 0 Å². The maximum absolute atomic E-state index is 13.2. The highest BCUT2D eigenvalue weighted by Crippen LogP contribution is 2.26. The predicted molar refractivity (Wildman–Crippen MR) is 79.7 cm³/mol. The van der Waals surface area contributed by atoms with Gasteiger partial charge in [0, 0.05) is 23.7 Å². The smallest absolute Gasteiger partial charge is 0.124 e. The van der Waals surface area contributed by atoms with Crippen molar-refractivity contribution in [3.05, 3.63) is 63.9 Å². The summed E-state index contributed by atoms with van der Waals surface area (Å²) in [4.78, 5) is 0. The zero-order chi connectivity index (χ0) is 14.5.